The Labute approximate surface area is 142 Å². The van der Waals surface area contributed by atoms with E-state index in [1.807, 2.05) is 0 Å². The molecule has 3 rings (SSSR count). The van der Waals surface area contributed by atoms with Crippen LogP contribution in [0.25, 0.3) is 0 Å². The van der Waals surface area contributed by atoms with E-state index in [0.29, 0.717) is 18.2 Å². The number of amides is 1. The smallest absolute Gasteiger partial charge is 0.407 e. The molecule has 0 aromatic carbocycles. The van der Waals surface area contributed by atoms with Crippen LogP contribution in [-0.4, -0.2) is 50.8 Å². The van der Waals surface area contributed by atoms with Crippen molar-refractivity contribution in [2.75, 3.05) is 13.1 Å². The summed E-state index contributed by atoms with van der Waals surface area (Å²) in [5, 5.41) is 9.47. The van der Waals surface area contributed by atoms with Gasteiger partial charge in [-0.2, -0.15) is 0 Å². The Bertz CT molecular complexity index is 609. The molecule has 1 saturated heterocycles. The largest absolute Gasteiger partial charge is 0.467 e. The maximum Gasteiger partial charge on any atom is 0.407 e. The van der Waals surface area contributed by atoms with Crippen LogP contribution in [0.1, 0.15) is 51.6 Å². The first-order valence-corrected chi connectivity index (χ1v) is 8.46. The highest BCUT2D eigenvalue weighted by Gasteiger charge is 2.54. The molecule has 24 heavy (non-hydrogen) atoms. The molecule has 0 radical (unpaired) electrons. The third kappa shape index (κ3) is 3.05. The summed E-state index contributed by atoms with van der Waals surface area (Å²) in [5.74, 6) is 0.982. The number of carboxylic acid groups (broad SMARTS) is 1. The number of nitrogens with two attached hydrogens (primary N) is 1. The van der Waals surface area contributed by atoms with Crippen molar-refractivity contribution in [1.29, 1.82) is 0 Å². The minimum atomic E-state index is -0.963. The molecule has 1 aromatic rings. The molecule has 2 fully saturated rings. The molecule has 7 nitrogen and oxygen atoms in total. The highest BCUT2D eigenvalue weighted by Crippen LogP contribution is 2.44. The van der Waals surface area contributed by atoms with Crippen molar-refractivity contribution >= 4 is 6.09 Å². The molecular weight excluding hydrogens is 308 g/mol. The van der Waals surface area contributed by atoms with E-state index in [1.165, 1.54) is 17.7 Å². The first-order chi connectivity index (χ1) is 11.3. The van der Waals surface area contributed by atoms with Crippen molar-refractivity contribution in [2.45, 2.75) is 57.6 Å². The average molecular weight is 334 g/mol. The summed E-state index contributed by atoms with van der Waals surface area (Å²) < 4.78 is 6.26. The van der Waals surface area contributed by atoms with Crippen LogP contribution in [0, 0.1) is 5.41 Å². The lowest BCUT2D eigenvalue weighted by molar-refractivity contribution is -0.0266. The fourth-order valence-corrected chi connectivity index (χ4v) is 3.33. The van der Waals surface area contributed by atoms with Gasteiger partial charge in [0.1, 0.15) is 5.60 Å². The second kappa shape index (κ2) is 5.88. The van der Waals surface area contributed by atoms with E-state index in [9.17, 15) is 9.90 Å². The van der Waals surface area contributed by atoms with Gasteiger partial charge in [0.15, 0.2) is 0 Å². The number of rotatable bonds is 4. The predicted molar refractivity (Wildman–Crippen MR) is 89.0 cm³/mol. The molecular formula is C17H26N4O3. The van der Waals surface area contributed by atoms with Crippen molar-refractivity contribution < 1.29 is 14.6 Å². The van der Waals surface area contributed by atoms with E-state index in [4.69, 9.17) is 10.5 Å². The second-order valence-electron chi connectivity index (χ2n) is 7.90. The molecule has 0 bridgehead atoms. The Morgan fingerprint density at radius 1 is 1.42 bits per heavy atom. The standard InChI is InChI=1S/C17H26N4O3/c1-16(2,3)17(6-12(7-18)21(10-17)15(22)23)24-14-9-19-13(8-20-14)11-4-5-11/h8-9,11-12H,4-7,10,18H2,1-3H3,(H,22,23)/t12-,17+/m0/s1. The second-order valence-corrected chi connectivity index (χ2v) is 7.90. The van der Waals surface area contributed by atoms with Crippen molar-refractivity contribution in [3.63, 3.8) is 0 Å². The molecule has 132 valence electrons. The first kappa shape index (κ1) is 17.0. The Morgan fingerprint density at radius 2 is 2.12 bits per heavy atom. The molecule has 1 saturated carbocycles. The van der Waals surface area contributed by atoms with Gasteiger partial charge in [0.2, 0.25) is 5.88 Å². The number of likely N-dealkylation sites (tertiary alicyclic amines) is 1. The van der Waals surface area contributed by atoms with Crippen molar-refractivity contribution in [3.8, 4) is 5.88 Å². The van der Waals surface area contributed by atoms with Crippen molar-refractivity contribution in [2.24, 2.45) is 11.1 Å². The van der Waals surface area contributed by atoms with E-state index in [-0.39, 0.29) is 24.5 Å². The molecule has 2 atom stereocenters. The highest BCUT2D eigenvalue weighted by molar-refractivity contribution is 5.66. The van der Waals surface area contributed by atoms with Crippen LogP contribution in [0.5, 0.6) is 5.88 Å². The van der Waals surface area contributed by atoms with E-state index in [1.54, 1.807) is 12.4 Å². The van der Waals surface area contributed by atoms with Gasteiger partial charge in [-0.15, -0.1) is 0 Å². The van der Waals surface area contributed by atoms with Gasteiger partial charge < -0.3 is 15.6 Å². The summed E-state index contributed by atoms with van der Waals surface area (Å²) in [5.41, 5.74) is 5.84. The monoisotopic (exact) mass is 334 g/mol. The molecule has 1 aliphatic heterocycles. The summed E-state index contributed by atoms with van der Waals surface area (Å²) >= 11 is 0. The van der Waals surface area contributed by atoms with E-state index in [0.717, 1.165) is 5.69 Å². The lowest BCUT2D eigenvalue weighted by atomic mass is 9.74. The SMILES string of the molecule is CC(C)(C)[C@@]1(Oc2cnc(C3CC3)cn2)C[C@@H](CN)N(C(=O)O)C1. The number of hydrogen-bond donors (Lipinski definition) is 2. The van der Waals surface area contributed by atoms with Crippen LogP contribution in [0.4, 0.5) is 4.79 Å². The Kier molecular flexibility index (Phi) is 4.15. The van der Waals surface area contributed by atoms with Gasteiger partial charge in [0.05, 0.1) is 30.7 Å². The molecule has 2 heterocycles. The van der Waals surface area contributed by atoms with Crippen LogP contribution in [0.3, 0.4) is 0 Å². The molecule has 0 unspecified atom stereocenters. The number of hydrogen-bond acceptors (Lipinski definition) is 5. The Balaban J connectivity index is 1.85. The quantitative estimate of drug-likeness (QED) is 0.875. The minimum absolute atomic E-state index is 0.250. The van der Waals surface area contributed by atoms with Gasteiger partial charge in [-0.25, -0.2) is 9.78 Å². The summed E-state index contributed by atoms with van der Waals surface area (Å²) in [6.45, 7) is 6.72. The molecule has 2 aliphatic rings. The normalized spacial score (nSPS) is 27.3. The zero-order valence-electron chi connectivity index (χ0n) is 14.5. The Hall–Kier alpha value is -1.89. The zero-order valence-corrected chi connectivity index (χ0v) is 14.5. The average Bonchev–Trinajstić information content (AvgIpc) is 3.28. The van der Waals surface area contributed by atoms with Gasteiger partial charge in [-0.1, -0.05) is 20.8 Å². The lowest BCUT2D eigenvalue weighted by Crippen LogP contribution is -2.51. The third-order valence-corrected chi connectivity index (χ3v) is 5.26. The number of aromatic nitrogens is 2. The van der Waals surface area contributed by atoms with Crippen LogP contribution in [0.15, 0.2) is 12.4 Å². The predicted octanol–water partition coefficient (Wildman–Crippen LogP) is 2.23. The fourth-order valence-electron chi connectivity index (χ4n) is 3.33. The molecule has 7 heteroatoms. The molecule has 1 aliphatic carbocycles. The topological polar surface area (TPSA) is 102 Å². The summed E-state index contributed by atoms with van der Waals surface area (Å²) in [7, 11) is 0. The summed E-state index contributed by atoms with van der Waals surface area (Å²) in [4.78, 5) is 21.8. The molecule has 1 aromatic heterocycles. The first-order valence-electron chi connectivity index (χ1n) is 8.46. The van der Waals surface area contributed by atoms with Crippen molar-refractivity contribution in [1.82, 2.24) is 14.9 Å². The zero-order chi connectivity index (χ0) is 17.5. The summed E-state index contributed by atoms with van der Waals surface area (Å²) in [6, 6.07) is -0.250. The van der Waals surface area contributed by atoms with Gasteiger partial charge in [-0.05, 0) is 12.8 Å². The number of ether oxygens (including phenoxy) is 1. The molecule has 0 spiro atoms. The minimum Gasteiger partial charge on any atom is -0.467 e. The molecule has 1 amide bonds. The Morgan fingerprint density at radius 3 is 2.54 bits per heavy atom. The third-order valence-electron chi connectivity index (χ3n) is 5.26. The maximum atomic E-state index is 11.6. The van der Waals surface area contributed by atoms with E-state index >= 15 is 0 Å². The highest BCUT2D eigenvalue weighted by atomic mass is 16.5. The summed E-state index contributed by atoms with van der Waals surface area (Å²) in [6.07, 6.45) is 5.36. The van der Waals surface area contributed by atoms with Crippen LogP contribution >= 0.6 is 0 Å². The number of carbonyl (C=O) groups is 1. The van der Waals surface area contributed by atoms with Gasteiger partial charge in [0, 0.05) is 24.3 Å². The lowest BCUT2D eigenvalue weighted by Gasteiger charge is -2.41. The maximum absolute atomic E-state index is 11.6. The van der Waals surface area contributed by atoms with Crippen LogP contribution < -0.4 is 10.5 Å². The van der Waals surface area contributed by atoms with Gasteiger partial charge in [-0.3, -0.25) is 9.88 Å². The van der Waals surface area contributed by atoms with Crippen LogP contribution in [-0.2, 0) is 0 Å². The van der Waals surface area contributed by atoms with Gasteiger partial charge >= 0.3 is 6.09 Å². The molecule has 3 N–H and O–H groups in total. The van der Waals surface area contributed by atoms with E-state index < -0.39 is 11.7 Å². The van der Waals surface area contributed by atoms with Crippen molar-refractivity contribution in [3.05, 3.63) is 18.1 Å². The van der Waals surface area contributed by atoms with Gasteiger partial charge in [0.25, 0.3) is 0 Å². The fraction of sp³-hybridized carbons (Fsp3) is 0.706. The van der Waals surface area contributed by atoms with E-state index in [2.05, 4.69) is 30.7 Å². The number of nitrogens with zero attached hydrogens (tertiary/aromatic N) is 3. The van der Waals surface area contributed by atoms with Crippen LogP contribution in [0.2, 0.25) is 0 Å².